The van der Waals surface area contributed by atoms with Crippen LogP contribution >= 0.6 is 23.4 Å². The molecular formula is C31H33ClFNO2S. The van der Waals surface area contributed by atoms with Crippen LogP contribution in [0.2, 0.25) is 5.02 Å². The minimum atomic E-state index is -0.267. The van der Waals surface area contributed by atoms with E-state index in [4.69, 9.17) is 16.3 Å². The van der Waals surface area contributed by atoms with E-state index >= 15 is 0 Å². The van der Waals surface area contributed by atoms with Gasteiger partial charge in [0, 0.05) is 35.3 Å². The smallest absolute Gasteiger partial charge is 0.119 e. The molecule has 3 nitrogen and oxygen atoms in total. The highest BCUT2D eigenvalue weighted by Gasteiger charge is 2.25. The Morgan fingerprint density at radius 2 is 1.92 bits per heavy atom. The molecule has 0 spiro atoms. The maximum absolute atomic E-state index is 12.5. The highest BCUT2D eigenvalue weighted by molar-refractivity contribution is 7.99. The number of fused-ring (bicyclic) bond motifs is 1. The summed E-state index contributed by atoms with van der Waals surface area (Å²) in [6, 6.07) is 20.2. The maximum atomic E-state index is 12.5. The second kappa shape index (κ2) is 11.9. The van der Waals surface area contributed by atoms with Gasteiger partial charge >= 0.3 is 0 Å². The third kappa shape index (κ3) is 6.00. The number of aromatic hydroxyl groups is 1. The fourth-order valence-corrected chi connectivity index (χ4v) is 6.61. The maximum Gasteiger partial charge on any atom is 0.119 e. The quantitative estimate of drug-likeness (QED) is 0.317. The summed E-state index contributed by atoms with van der Waals surface area (Å²) >= 11 is 8.19. The van der Waals surface area contributed by atoms with Crippen molar-refractivity contribution in [2.45, 2.75) is 43.6 Å². The molecule has 6 heteroatoms. The monoisotopic (exact) mass is 537 g/mol. The van der Waals surface area contributed by atoms with Crippen molar-refractivity contribution in [1.82, 2.24) is 4.90 Å². The van der Waals surface area contributed by atoms with Crippen LogP contribution in [0.25, 0.3) is 11.1 Å². The standard InChI is InChI=1S/C31H33ClFNO2S/c1-2-21-18-23(32)6-10-27(21)28-13-17-37-30-11-7-24(35)19-29(30)31(28)22-4-8-25(9-5-22)36-26-12-16-34(20-26)15-3-14-33/h4-11,18-19,26,35H,2-3,12-17,20H2,1H3/t26-/m0/s1. The second-order valence-corrected chi connectivity index (χ2v) is 11.3. The molecule has 1 atom stereocenters. The molecule has 2 heterocycles. The SMILES string of the molecule is CCc1cc(Cl)ccc1C1=C(c2ccc(O[C@H]3CCN(CCCF)C3)cc2)c2cc(O)ccc2SCC1. The molecule has 0 radical (unpaired) electrons. The minimum absolute atomic E-state index is 0.133. The van der Waals surface area contributed by atoms with Crippen molar-refractivity contribution in [3.63, 3.8) is 0 Å². The summed E-state index contributed by atoms with van der Waals surface area (Å²) in [5, 5.41) is 11.2. The number of thioether (sulfide) groups is 1. The van der Waals surface area contributed by atoms with Gasteiger partial charge < -0.3 is 9.84 Å². The fourth-order valence-electron chi connectivity index (χ4n) is 5.41. The number of halogens is 2. The van der Waals surface area contributed by atoms with Crippen molar-refractivity contribution >= 4 is 34.5 Å². The third-order valence-electron chi connectivity index (χ3n) is 7.20. The highest BCUT2D eigenvalue weighted by atomic mass is 35.5. The number of phenols is 1. The Kier molecular flexibility index (Phi) is 8.43. The number of likely N-dealkylation sites (tertiary alicyclic amines) is 1. The molecule has 1 saturated heterocycles. The van der Waals surface area contributed by atoms with Crippen molar-refractivity contribution < 1.29 is 14.2 Å². The van der Waals surface area contributed by atoms with Crippen molar-refractivity contribution in [1.29, 1.82) is 0 Å². The molecule has 0 aliphatic carbocycles. The molecule has 0 amide bonds. The number of allylic oxidation sites excluding steroid dienone is 1. The minimum Gasteiger partial charge on any atom is -0.508 e. The van der Waals surface area contributed by atoms with E-state index in [9.17, 15) is 9.50 Å². The lowest BCUT2D eigenvalue weighted by Crippen LogP contribution is -2.26. The van der Waals surface area contributed by atoms with E-state index in [2.05, 4.69) is 36.1 Å². The zero-order chi connectivity index (χ0) is 25.8. The van der Waals surface area contributed by atoms with E-state index < -0.39 is 0 Å². The molecule has 1 N–H and O–H groups in total. The molecule has 1 fully saturated rings. The van der Waals surface area contributed by atoms with E-state index in [1.165, 1.54) is 21.6 Å². The van der Waals surface area contributed by atoms with E-state index in [1.54, 1.807) is 6.07 Å². The highest BCUT2D eigenvalue weighted by Crippen LogP contribution is 2.45. The normalized spacial score (nSPS) is 18.1. The van der Waals surface area contributed by atoms with Gasteiger partial charge in [0.2, 0.25) is 0 Å². The second-order valence-electron chi connectivity index (χ2n) is 9.68. The molecule has 194 valence electrons. The van der Waals surface area contributed by atoms with Crippen LogP contribution in [0, 0.1) is 0 Å². The Morgan fingerprint density at radius 1 is 1.08 bits per heavy atom. The number of alkyl halides is 1. The van der Waals surface area contributed by atoms with Gasteiger partial charge in [0.1, 0.15) is 17.6 Å². The van der Waals surface area contributed by atoms with E-state index in [-0.39, 0.29) is 18.5 Å². The van der Waals surface area contributed by atoms with Gasteiger partial charge in [-0.3, -0.25) is 9.29 Å². The number of phenolic OH excluding ortho intramolecular Hbond substituents is 1. The molecule has 0 aromatic heterocycles. The molecule has 3 aromatic rings. The Morgan fingerprint density at radius 3 is 2.70 bits per heavy atom. The first-order valence-electron chi connectivity index (χ1n) is 13.1. The topological polar surface area (TPSA) is 32.7 Å². The molecule has 3 aromatic carbocycles. The van der Waals surface area contributed by atoms with Gasteiger partial charge in [-0.25, -0.2) is 0 Å². The molecule has 0 unspecified atom stereocenters. The van der Waals surface area contributed by atoms with Crippen LogP contribution in [0.3, 0.4) is 0 Å². The summed E-state index contributed by atoms with van der Waals surface area (Å²) < 4.78 is 18.8. The first-order chi connectivity index (χ1) is 18.1. The van der Waals surface area contributed by atoms with Crippen LogP contribution in [-0.2, 0) is 6.42 Å². The van der Waals surface area contributed by atoms with Crippen molar-refractivity contribution in [2.24, 2.45) is 0 Å². The molecule has 0 saturated carbocycles. The van der Waals surface area contributed by atoms with Gasteiger partial charge in [0.05, 0.1) is 6.67 Å². The lowest BCUT2D eigenvalue weighted by Gasteiger charge is -2.20. The first-order valence-corrected chi connectivity index (χ1v) is 14.5. The molecule has 5 rings (SSSR count). The van der Waals surface area contributed by atoms with Gasteiger partial charge in [-0.2, -0.15) is 0 Å². The molecule has 37 heavy (non-hydrogen) atoms. The molecule has 2 aliphatic rings. The molecule has 0 bridgehead atoms. The zero-order valence-electron chi connectivity index (χ0n) is 21.2. The van der Waals surface area contributed by atoms with Gasteiger partial charge in [0.25, 0.3) is 0 Å². The number of nitrogens with zero attached hydrogens (tertiary/aromatic N) is 1. The van der Waals surface area contributed by atoms with Crippen LogP contribution in [0.5, 0.6) is 11.5 Å². The average Bonchev–Trinajstić information content (AvgIpc) is 3.27. The fraction of sp³-hybridized carbons (Fsp3) is 0.355. The van der Waals surface area contributed by atoms with E-state index in [1.807, 2.05) is 42.1 Å². The zero-order valence-corrected chi connectivity index (χ0v) is 22.8. The van der Waals surface area contributed by atoms with Crippen LogP contribution in [-0.4, -0.2) is 48.2 Å². The number of hydrogen-bond donors (Lipinski definition) is 1. The van der Waals surface area contributed by atoms with Gasteiger partial charge in [-0.15, -0.1) is 11.8 Å². The predicted octanol–water partition coefficient (Wildman–Crippen LogP) is 7.88. The molecule has 2 aliphatic heterocycles. The summed E-state index contributed by atoms with van der Waals surface area (Å²) in [4.78, 5) is 3.45. The third-order valence-corrected chi connectivity index (χ3v) is 8.51. The summed E-state index contributed by atoms with van der Waals surface area (Å²) in [6.07, 6.45) is 3.49. The van der Waals surface area contributed by atoms with Gasteiger partial charge in [0.15, 0.2) is 0 Å². The number of benzene rings is 3. The van der Waals surface area contributed by atoms with E-state index in [0.717, 1.165) is 72.1 Å². The number of aryl methyl sites for hydroxylation is 1. The predicted molar refractivity (Wildman–Crippen MR) is 153 cm³/mol. The summed E-state index contributed by atoms with van der Waals surface area (Å²) in [5.41, 5.74) is 7.04. The van der Waals surface area contributed by atoms with Crippen LogP contribution in [0.4, 0.5) is 4.39 Å². The van der Waals surface area contributed by atoms with Crippen molar-refractivity contribution in [2.75, 3.05) is 32.1 Å². The number of ether oxygens (including phenoxy) is 1. The van der Waals surface area contributed by atoms with Crippen LogP contribution in [0.15, 0.2) is 65.6 Å². The Labute approximate surface area is 228 Å². The number of hydrogen-bond acceptors (Lipinski definition) is 4. The first kappa shape index (κ1) is 26.1. The lowest BCUT2D eigenvalue weighted by molar-refractivity contribution is 0.198. The van der Waals surface area contributed by atoms with Gasteiger partial charge in [-0.05, 0) is 102 Å². The summed E-state index contributed by atoms with van der Waals surface area (Å²) in [6.45, 7) is 4.49. The lowest BCUT2D eigenvalue weighted by atomic mass is 9.86. The van der Waals surface area contributed by atoms with Gasteiger partial charge in [-0.1, -0.05) is 36.7 Å². The largest absolute Gasteiger partial charge is 0.508 e. The average molecular weight is 538 g/mol. The summed E-state index contributed by atoms with van der Waals surface area (Å²) in [5.74, 6) is 2.08. The Bertz CT molecular complexity index is 1280. The Balaban J connectivity index is 1.51. The summed E-state index contributed by atoms with van der Waals surface area (Å²) in [7, 11) is 0. The van der Waals surface area contributed by atoms with E-state index in [0.29, 0.717) is 6.42 Å². The number of rotatable bonds is 8. The van der Waals surface area contributed by atoms with Crippen LogP contribution in [0.1, 0.15) is 48.4 Å². The Hall–Kier alpha value is -2.47. The van der Waals surface area contributed by atoms with Crippen molar-refractivity contribution in [3.05, 3.63) is 87.9 Å². The van der Waals surface area contributed by atoms with Crippen LogP contribution < -0.4 is 4.74 Å². The van der Waals surface area contributed by atoms with Crippen molar-refractivity contribution in [3.8, 4) is 11.5 Å². The molecular weight excluding hydrogens is 505 g/mol.